The van der Waals surface area contributed by atoms with Gasteiger partial charge in [-0.05, 0) is 36.1 Å². The third kappa shape index (κ3) is 4.28. The zero-order chi connectivity index (χ0) is 17.8. The van der Waals surface area contributed by atoms with E-state index in [1.165, 1.54) is 6.07 Å². The van der Waals surface area contributed by atoms with Gasteiger partial charge in [-0.25, -0.2) is 9.37 Å². The number of nitrogens with zero attached hydrogens (tertiary/aromatic N) is 1. The van der Waals surface area contributed by atoms with Crippen molar-refractivity contribution >= 4 is 17.5 Å². The lowest BCUT2D eigenvalue weighted by Gasteiger charge is -2.23. The molecule has 130 valence electrons. The summed E-state index contributed by atoms with van der Waals surface area (Å²) in [5.41, 5.74) is 7.42. The first-order valence-electron chi connectivity index (χ1n) is 8.28. The highest BCUT2D eigenvalue weighted by atomic mass is 19.1. The minimum absolute atomic E-state index is 0.0867. The van der Waals surface area contributed by atoms with Crippen LogP contribution in [0, 0.1) is 11.7 Å². The number of fused-ring (bicyclic) bond motifs is 1. The molecule has 0 saturated carbocycles. The summed E-state index contributed by atoms with van der Waals surface area (Å²) in [5.74, 6) is -0.447. The van der Waals surface area contributed by atoms with Gasteiger partial charge in [-0.1, -0.05) is 24.3 Å². The van der Waals surface area contributed by atoms with E-state index in [0.717, 1.165) is 5.56 Å². The van der Waals surface area contributed by atoms with Crippen molar-refractivity contribution in [3.05, 3.63) is 59.5 Å². The number of pyridine rings is 1. The molecule has 6 heteroatoms. The molecule has 0 aliphatic carbocycles. The second-order valence-electron chi connectivity index (χ2n) is 6.40. The number of nitrogens with two attached hydrogens (primary N) is 1. The Morgan fingerprint density at radius 2 is 2.12 bits per heavy atom. The number of benzene rings is 1. The summed E-state index contributed by atoms with van der Waals surface area (Å²) < 4.78 is 13.7. The number of Topliss-reactive ketones (excluding diaryl/α,β-unsaturated/α-hetero) is 1. The lowest BCUT2D eigenvalue weighted by molar-refractivity contribution is -0.126. The van der Waals surface area contributed by atoms with Crippen LogP contribution in [0.1, 0.15) is 24.0 Å². The van der Waals surface area contributed by atoms with E-state index in [1.807, 2.05) is 6.07 Å². The number of carbonyl (C=O) groups is 2. The molecular formula is C19H20FN3O2. The molecule has 1 aromatic heterocycles. The van der Waals surface area contributed by atoms with Crippen LogP contribution in [0.15, 0.2) is 42.6 Å². The molecule has 2 heterocycles. The number of hydrogen-bond acceptors (Lipinski definition) is 4. The third-order valence-electron chi connectivity index (χ3n) is 4.37. The molecule has 3 N–H and O–H groups in total. The highest BCUT2D eigenvalue weighted by molar-refractivity contribution is 5.97. The van der Waals surface area contributed by atoms with Crippen molar-refractivity contribution in [3.63, 3.8) is 0 Å². The quantitative estimate of drug-likeness (QED) is 0.844. The summed E-state index contributed by atoms with van der Waals surface area (Å²) in [6, 6.07) is 9.63. The van der Waals surface area contributed by atoms with Gasteiger partial charge >= 0.3 is 0 Å². The third-order valence-corrected chi connectivity index (χ3v) is 4.37. The molecular weight excluding hydrogens is 321 g/mol. The van der Waals surface area contributed by atoms with Gasteiger partial charge in [-0.3, -0.25) is 9.59 Å². The van der Waals surface area contributed by atoms with Crippen LogP contribution in [-0.4, -0.2) is 22.7 Å². The molecule has 0 fully saturated rings. The zero-order valence-corrected chi connectivity index (χ0v) is 13.7. The Labute approximate surface area is 145 Å². The van der Waals surface area contributed by atoms with E-state index >= 15 is 0 Å². The van der Waals surface area contributed by atoms with Crippen molar-refractivity contribution in [1.82, 2.24) is 4.98 Å². The molecule has 1 aliphatic heterocycles. The van der Waals surface area contributed by atoms with Gasteiger partial charge in [0.2, 0.25) is 5.91 Å². The van der Waals surface area contributed by atoms with Crippen LogP contribution in [-0.2, 0) is 22.4 Å². The van der Waals surface area contributed by atoms with Gasteiger partial charge in [-0.2, -0.15) is 0 Å². The molecule has 0 radical (unpaired) electrons. The Morgan fingerprint density at radius 1 is 1.32 bits per heavy atom. The van der Waals surface area contributed by atoms with E-state index in [-0.39, 0.29) is 30.3 Å². The summed E-state index contributed by atoms with van der Waals surface area (Å²) >= 11 is 0. The van der Waals surface area contributed by atoms with E-state index in [9.17, 15) is 14.0 Å². The Balaban J connectivity index is 1.56. The average molecular weight is 341 g/mol. The second kappa shape index (κ2) is 7.53. The van der Waals surface area contributed by atoms with Crippen LogP contribution in [0.2, 0.25) is 0 Å². The smallest absolute Gasteiger partial charge is 0.229 e. The minimum Gasteiger partial charge on any atom is -0.327 e. The molecule has 2 aromatic rings. The zero-order valence-electron chi connectivity index (χ0n) is 13.7. The number of hydrogen-bond donors (Lipinski definition) is 2. The van der Waals surface area contributed by atoms with Gasteiger partial charge in [0.05, 0.1) is 0 Å². The van der Waals surface area contributed by atoms with Gasteiger partial charge in [-0.15, -0.1) is 0 Å². The van der Waals surface area contributed by atoms with Crippen LogP contribution in [0.4, 0.5) is 10.2 Å². The summed E-state index contributed by atoms with van der Waals surface area (Å²) in [4.78, 5) is 28.5. The van der Waals surface area contributed by atoms with E-state index < -0.39 is 12.0 Å². The molecule has 2 atom stereocenters. The molecule has 25 heavy (non-hydrogen) atoms. The number of rotatable bonds is 6. The number of halogens is 1. The summed E-state index contributed by atoms with van der Waals surface area (Å²) in [5, 5.41) is 2.73. The highest BCUT2D eigenvalue weighted by Crippen LogP contribution is 2.25. The number of amides is 1. The van der Waals surface area contributed by atoms with Crippen molar-refractivity contribution < 1.29 is 14.0 Å². The maximum Gasteiger partial charge on any atom is 0.229 e. The largest absolute Gasteiger partial charge is 0.327 e. The lowest BCUT2D eigenvalue weighted by Crippen LogP contribution is -2.34. The summed E-state index contributed by atoms with van der Waals surface area (Å²) in [6.45, 7) is 0. The number of nitrogens with one attached hydrogen (secondary N) is 1. The van der Waals surface area contributed by atoms with Crippen molar-refractivity contribution in [2.75, 3.05) is 5.32 Å². The first-order valence-corrected chi connectivity index (χ1v) is 8.28. The summed E-state index contributed by atoms with van der Waals surface area (Å²) in [7, 11) is 0. The Morgan fingerprint density at radius 3 is 2.92 bits per heavy atom. The number of carbonyl (C=O) groups excluding carboxylic acids is 2. The fraction of sp³-hybridized carbons (Fsp3) is 0.316. The van der Waals surface area contributed by atoms with Crippen molar-refractivity contribution in [3.8, 4) is 0 Å². The second-order valence-corrected chi connectivity index (χ2v) is 6.40. The van der Waals surface area contributed by atoms with Gasteiger partial charge in [0.1, 0.15) is 17.4 Å². The molecule has 1 aromatic carbocycles. The summed E-state index contributed by atoms with van der Waals surface area (Å²) in [6.07, 6.45) is 2.65. The standard InChI is InChI=1S/C19H20FN3O2/c20-17-6-2-1-4-12(17)9-15(21)11-16(24)10-14-8-13-5-3-7-22-18(13)23-19(14)25/h1-7,14-15H,8-11,21H2,(H,22,23,25)/t14-,15-/m1/s1. The molecule has 0 saturated heterocycles. The van der Waals surface area contributed by atoms with Crippen LogP contribution in [0.3, 0.4) is 0 Å². The molecule has 0 unspecified atom stereocenters. The number of ketones is 1. The highest BCUT2D eigenvalue weighted by Gasteiger charge is 2.29. The fourth-order valence-electron chi connectivity index (χ4n) is 3.13. The van der Waals surface area contributed by atoms with Crippen molar-refractivity contribution in [2.24, 2.45) is 11.7 Å². The predicted octanol–water partition coefficient (Wildman–Crippen LogP) is 2.25. The van der Waals surface area contributed by atoms with Gasteiger partial charge in [0.15, 0.2) is 0 Å². The molecule has 3 rings (SSSR count). The molecule has 0 spiro atoms. The molecule has 1 aliphatic rings. The Hall–Kier alpha value is -2.60. The Bertz CT molecular complexity index is 794. The minimum atomic E-state index is -0.468. The van der Waals surface area contributed by atoms with Gasteiger partial charge < -0.3 is 11.1 Å². The molecule has 0 bridgehead atoms. The van der Waals surface area contributed by atoms with Crippen LogP contribution in [0.25, 0.3) is 0 Å². The first-order chi connectivity index (χ1) is 12.0. The van der Waals surface area contributed by atoms with E-state index in [1.54, 1.807) is 30.5 Å². The first kappa shape index (κ1) is 17.2. The van der Waals surface area contributed by atoms with Crippen LogP contribution < -0.4 is 11.1 Å². The topological polar surface area (TPSA) is 85.1 Å². The van der Waals surface area contributed by atoms with Crippen molar-refractivity contribution in [2.45, 2.75) is 31.7 Å². The molecule has 1 amide bonds. The van der Waals surface area contributed by atoms with Gasteiger partial charge in [0, 0.05) is 31.0 Å². The Kier molecular flexibility index (Phi) is 5.19. The van der Waals surface area contributed by atoms with Crippen molar-refractivity contribution in [1.29, 1.82) is 0 Å². The number of anilines is 1. The maximum atomic E-state index is 13.7. The SMILES string of the molecule is N[C@@H](CC(=O)C[C@H]1Cc2cccnc2NC1=O)Cc1ccccc1F. The van der Waals surface area contributed by atoms with Gasteiger partial charge in [0.25, 0.3) is 0 Å². The van der Waals surface area contributed by atoms with Crippen LogP contribution in [0.5, 0.6) is 0 Å². The van der Waals surface area contributed by atoms with E-state index in [2.05, 4.69) is 10.3 Å². The number of aromatic nitrogens is 1. The molecule has 5 nitrogen and oxygen atoms in total. The maximum absolute atomic E-state index is 13.7. The monoisotopic (exact) mass is 341 g/mol. The van der Waals surface area contributed by atoms with E-state index in [0.29, 0.717) is 24.2 Å². The predicted molar refractivity (Wildman–Crippen MR) is 92.4 cm³/mol. The normalized spacial score (nSPS) is 17.5. The lowest BCUT2D eigenvalue weighted by atomic mass is 9.89. The fourth-order valence-corrected chi connectivity index (χ4v) is 3.13. The van der Waals surface area contributed by atoms with E-state index in [4.69, 9.17) is 5.73 Å². The average Bonchev–Trinajstić information content (AvgIpc) is 2.57. The van der Waals surface area contributed by atoms with Crippen LogP contribution >= 0.6 is 0 Å².